The lowest BCUT2D eigenvalue weighted by molar-refractivity contribution is 0.363. The number of hydrogen-bond donors (Lipinski definition) is 1. The van der Waals surface area contributed by atoms with Crippen molar-refractivity contribution >= 4 is 11.3 Å². The van der Waals surface area contributed by atoms with E-state index in [2.05, 4.69) is 29.0 Å². The summed E-state index contributed by atoms with van der Waals surface area (Å²) in [6.07, 6.45) is 3.63. The number of thiazole rings is 1. The lowest BCUT2D eigenvalue weighted by Crippen LogP contribution is -2.11. The Kier molecular flexibility index (Phi) is 4.93. The molecule has 0 aliphatic heterocycles. The van der Waals surface area contributed by atoms with Crippen molar-refractivity contribution in [2.75, 3.05) is 6.61 Å². The van der Waals surface area contributed by atoms with Crippen LogP contribution in [0.15, 0.2) is 48.6 Å². The van der Waals surface area contributed by atoms with Crippen molar-refractivity contribution in [1.29, 1.82) is 0 Å². The van der Waals surface area contributed by atoms with Gasteiger partial charge in [-0.15, -0.1) is 11.3 Å². The fourth-order valence-electron chi connectivity index (χ4n) is 1.52. The van der Waals surface area contributed by atoms with Crippen LogP contribution in [0.1, 0.15) is 10.4 Å². The zero-order valence-corrected chi connectivity index (χ0v) is 11.0. The maximum atomic E-state index is 5.43. The van der Waals surface area contributed by atoms with Crippen LogP contribution in [0.5, 0.6) is 5.75 Å². The van der Waals surface area contributed by atoms with E-state index in [9.17, 15) is 0 Å². The third kappa shape index (κ3) is 3.98. The molecule has 1 heterocycles. The number of ether oxygens (including phenoxy) is 1. The monoisotopic (exact) mass is 260 g/mol. The first-order chi connectivity index (χ1) is 8.88. The Bertz CT molecular complexity index is 465. The molecule has 94 valence electrons. The van der Waals surface area contributed by atoms with Crippen molar-refractivity contribution in [2.24, 2.45) is 0 Å². The van der Waals surface area contributed by atoms with Gasteiger partial charge in [0.1, 0.15) is 12.4 Å². The van der Waals surface area contributed by atoms with E-state index in [1.165, 1.54) is 10.4 Å². The summed E-state index contributed by atoms with van der Waals surface area (Å²) >= 11 is 1.67. The standard InChI is InChI=1S/C14H16N2OS/c1-2-7-17-13-5-3-12(4-6-13)8-15-9-14-10-16-11-18-14/h2-6,10-11,15H,1,7-9H2. The predicted molar refractivity (Wildman–Crippen MR) is 74.8 cm³/mol. The minimum absolute atomic E-state index is 0.545. The van der Waals surface area contributed by atoms with Crippen LogP contribution in [0.25, 0.3) is 0 Å². The largest absolute Gasteiger partial charge is 0.490 e. The van der Waals surface area contributed by atoms with Crippen molar-refractivity contribution in [2.45, 2.75) is 13.1 Å². The Hall–Kier alpha value is -1.65. The van der Waals surface area contributed by atoms with E-state index in [0.717, 1.165) is 18.8 Å². The molecule has 1 aromatic carbocycles. The summed E-state index contributed by atoms with van der Waals surface area (Å²) in [7, 11) is 0. The van der Waals surface area contributed by atoms with Crippen LogP contribution in [-0.2, 0) is 13.1 Å². The highest BCUT2D eigenvalue weighted by Crippen LogP contribution is 2.12. The van der Waals surface area contributed by atoms with Crippen molar-refractivity contribution in [1.82, 2.24) is 10.3 Å². The second kappa shape index (κ2) is 6.93. The van der Waals surface area contributed by atoms with Gasteiger partial charge in [0.15, 0.2) is 0 Å². The van der Waals surface area contributed by atoms with Gasteiger partial charge in [-0.3, -0.25) is 4.98 Å². The molecule has 1 N–H and O–H groups in total. The summed E-state index contributed by atoms with van der Waals surface area (Å²) in [5.74, 6) is 0.876. The molecule has 2 aromatic rings. The van der Waals surface area contributed by atoms with E-state index in [0.29, 0.717) is 6.61 Å². The summed E-state index contributed by atoms with van der Waals surface area (Å²) < 4.78 is 5.43. The van der Waals surface area contributed by atoms with Crippen LogP contribution in [0.3, 0.4) is 0 Å². The molecule has 3 nitrogen and oxygen atoms in total. The van der Waals surface area contributed by atoms with E-state index < -0.39 is 0 Å². The first-order valence-electron chi connectivity index (χ1n) is 5.79. The molecule has 18 heavy (non-hydrogen) atoms. The van der Waals surface area contributed by atoms with Crippen molar-refractivity contribution < 1.29 is 4.74 Å². The fourth-order valence-corrected chi connectivity index (χ4v) is 2.08. The molecule has 0 aliphatic carbocycles. The van der Waals surface area contributed by atoms with Crippen molar-refractivity contribution in [3.05, 3.63) is 59.1 Å². The molecule has 0 saturated heterocycles. The zero-order chi connectivity index (χ0) is 12.6. The molecule has 2 rings (SSSR count). The van der Waals surface area contributed by atoms with Crippen LogP contribution in [0, 0.1) is 0 Å². The van der Waals surface area contributed by atoms with E-state index >= 15 is 0 Å². The van der Waals surface area contributed by atoms with Crippen LogP contribution in [0.2, 0.25) is 0 Å². The van der Waals surface area contributed by atoms with Gasteiger partial charge in [-0.1, -0.05) is 24.8 Å². The molecule has 4 heteroatoms. The number of benzene rings is 1. The summed E-state index contributed by atoms with van der Waals surface area (Å²) in [5, 5.41) is 3.38. The third-order valence-corrected chi connectivity index (χ3v) is 3.18. The topological polar surface area (TPSA) is 34.1 Å². The number of rotatable bonds is 7. The van der Waals surface area contributed by atoms with E-state index in [1.807, 2.05) is 23.8 Å². The predicted octanol–water partition coefficient (Wildman–Crippen LogP) is 3.00. The number of nitrogens with one attached hydrogen (secondary N) is 1. The smallest absolute Gasteiger partial charge is 0.119 e. The Morgan fingerprint density at radius 3 is 2.78 bits per heavy atom. The molecule has 0 spiro atoms. The maximum absolute atomic E-state index is 5.43. The van der Waals surface area contributed by atoms with Gasteiger partial charge in [0, 0.05) is 24.2 Å². The molecule has 0 atom stereocenters. The van der Waals surface area contributed by atoms with Crippen LogP contribution in [-0.4, -0.2) is 11.6 Å². The highest BCUT2D eigenvalue weighted by atomic mass is 32.1. The normalized spacial score (nSPS) is 10.2. The first-order valence-corrected chi connectivity index (χ1v) is 6.67. The Balaban J connectivity index is 1.77. The second-order valence-corrected chi connectivity index (χ2v) is 4.79. The van der Waals surface area contributed by atoms with Gasteiger partial charge in [-0.2, -0.15) is 0 Å². The zero-order valence-electron chi connectivity index (χ0n) is 10.1. The molecule has 0 bridgehead atoms. The summed E-state index contributed by atoms with van der Waals surface area (Å²) in [5.41, 5.74) is 3.09. The molecule has 0 radical (unpaired) electrons. The number of hydrogen-bond acceptors (Lipinski definition) is 4. The second-order valence-electron chi connectivity index (χ2n) is 3.81. The van der Waals surface area contributed by atoms with Gasteiger partial charge in [-0.05, 0) is 17.7 Å². The van der Waals surface area contributed by atoms with Gasteiger partial charge in [0.2, 0.25) is 0 Å². The highest BCUT2D eigenvalue weighted by Gasteiger charge is 1.97. The third-order valence-electron chi connectivity index (χ3n) is 2.40. The molecular formula is C14H16N2OS. The van der Waals surface area contributed by atoms with Gasteiger partial charge in [0.25, 0.3) is 0 Å². The average molecular weight is 260 g/mol. The SMILES string of the molecule is C=CCOc1ccc(CNCc2cncs2)cc1. The maximum Gasteiger partial charge on any atom is 0.119 e. The molecule has 0 fully saturated rings. The summed E-state index contributed by atoms with van der Waals surface area (Å²) in [4.78, 5) is 5.29. The van der Waals surface area contributed by atoms with Crippen LogP contribution < -0.4 is 10.1 Å². The van der Waals surface area contributed by atoms with Crippen molar-refractivity contribution in [3.8, 4) is 5.75 Å². The fraction of sp³-hybridized carbons (Fsp3) is 0.214. The number of aromatic nitrogens is 1. The Morgan fingerprint density at radius 1 is 1.28 bits per heavy atom. The number of nitrogens with zero attached hydrogens (tertiary/aromatic N) is 1. The minimum atomic E-state index is 0.545. The molecule has 0 amide bonds. The van der Waals surface area contributed by atoms with E-state index in [4.69, 9.17) is 4.74 Å². The lowest BCUT2D eigenvalue weighted by atomic mass is 10.2. The summed E-state index contributed by atoms with van der Waals surface area (Å²) in [6.45, 7) is 5.87. The highest BCUT2D eigenvalue weighted by molar-refractivity contribution is 7.09. The molecular weight excluding hydrogens is 244 g/mol. The molecule has 0 unspecified atom stereocenters. The molecule has 1 aromatic heterocycles. The Morgan fingerprint density at radius 2 is 2.11 bits per heavy atom. The average Bonchev–Trinajstić information content (AvgIpc) is 2.91. The van der Waals surface area contributed by atoms with E-state index in [1.54, 1.807) is 17.4 Å². The first kappa shape index (κ1) is 12.8. The quantitative estimate of drug-likeness (QED) is 0.777. The van der Waals surface area contributed by atoms with Gasteiger partial charge >= 0.3 is 0 Å². The lowest BCUT2D eigenvalue weighted by Gasteiger charge is -2.06. The molecule has 0 aliphatic rings. The van der Waals surface area contributed by atoms with Crippen LogP contribution >= 0.6 is 11.3 Å². The minimum Gasteiger partial charge on any atom is -0.490 e. The van der Waals surface area contributed by atoms with Crippen LogP contribution in [0.4, 0.5) is 0 Å². The van der Waals surface area contributed by atoms with Gasteiger partial charge < -0.3 is 10.1 Å². The van der Waals surface area contributed by atoms with Gasteiger partial charge in [-0.25, -0.2) is 0 Å². The Labute approximate surface area is 111 Å². The summed E-state index contributed by atoms with van der Waals surface area (Å²) in [6, 6.07) is 8.09. The van der Waals surface area contributed by atoms with Crippen molar-refractivity contribution in [3.63, 3.8) is 0 Å². The van der Waals surface area contributed by atoms with Gasteiger partial charge in [0.05, 0.1) is 5.51 Å². The molecule has 0 saturated carbocycles. The van der Waals surface area contributed by atoms with E-state index in [-0.39, 0.29) is 0 Å².